The molecule has 0 spiro atoms. The summed E-state index contributed by atoms with van der Waals surface area (Å²) in [6.07, 6.45) is 6.05. The number of phenolic OH excluding ortho intramolecular Hbond substituents is 1. The zero-order valence-electron chi connectivity index (χ0n) is 29.5. The van der Waals surface area contributed by atoms with Crippen LogP contribution in [0.3, 0.4) is 0 Å². The summed E-state index contributed by atoms with van der Waals surface area (Å²) in [5, 5.41) is 9.84. The topological polar surface area (TPSA) is 20.2 Å². The maximum absolute atomic E-state index is 9.84. The molecule has 0 heterocycles. The average Bonchev–Trinajstić information content (AvgIpc) is 3.65. The van der Waals surface area contributed by atoms with Gasteiger partial charge < -0.3 is 5.11 Å². The number of hydrogen-bond acceptors (Lipinski definition) is 1. The number of benzene rings is 5. The second-order valence-corrected chi connectivity index (χ2v) is 21.4. The van der Waals surface area contributed by atoms with Gasteiger partial charge in [0.15, 0.2) is 0 Å². The van der Waals surface area contributed by atoms with Crippen LogP contribution < -0.4 is 0 Å². The number of phenols is 1. The summed E-state index contributed by atoms with van der Waals surface area (Å²) in [5.74, 6) is 0.399. The molecule has 2 heteroatoms. The molecule has 0 amide bonds. The van der Waals surface area contributed by atoms with Crippen LogP contribution in [-0.2, 0) is 32.1 Å². The van der Waals surface area contributed by atoms with Crippen molar-refractivity contribution in [2.45, 2.75) is 69.3 Å². The Labute approximate surface area is 295 Å². The minimum atomic E-state index is -2.51. The van der Waals surface area contributed by atoms with E-state index in [0.29, 0.717) is 9.38 Å². The predicted molar refractivity (Wildman–Crippen MR) is 202 cm³/mol. The van der Waals surface area contributed by atoms with E-state index in [-0.39, 0.29) is 10.8 Å². The Bertz CT molecular complexity index is 1930. The van der Waals surface area contributed by atoms with Crippen molar-refractivity contribution in [2.24, 2.45) is 0 Å². The summed E-state index contributed by atoms with van der Waals surface area (Å²) in [7, 11) is 0. The van der Waals surface area contributed by atoms with Crippen molar-refractivity contribution in [1.29, 1.82) is 0 Å². The Morgan fingerprint density at radius 2 is 1.12 bits per heavy atom. The summed E-state index contributed by atoms with van der Waals surface area (Å²) >= 11 is -2.51. The molecule has 0 atom stereocenters. The number of allylic oxidation sites excluding steroid dienone is 4. The van der Waals surface area contributed by atoms with E-state index in [4.69, 9.17) is 0 Å². The molecule has 7 rings (SSSR count). The Kier molecular flexibility index (Phi) is 9.87. The van der Waals surface area contributed by atoms with Crippen LogP contribution in [0.5, 0.6) is 5.75 Å². The average molecular weight is 708 g/mol. The molecule has 0 unspecified atom stereocenters. The van der Waals surface area contributed by atoms with Crippen molar-refractivity contribution in [3.63, 3.8) is 0 Å². The number of aromatic hydroxyl groups is 1. The Morgan fingerprint density at radius 1 is 0.625 bits per heavy atom. The maximum atomic E-state index is 9.84. The molecule has 5 aromatic rings. The fraction of sp³-hybridized carbons (Fsp3) is 0.239. The molecule has 0 radical (unpaired) electrons. The van der Waals surface area contributed by atoms with Gasteiger partial charge in [-0.25, -0.2) is 0 Å². The number of rotatable bonds is 4. The van der Waals surface area contributed by atoms with Crippen LogP contribution in [0.1, 0.15) is 91.9 Å². The van der Waals surface area contributed by atoms with Gasteiger partial charge in [-0.3, -0.25) is 0 Å². The van der Waals surface area contributed by atoms with Gasteiger partial charge in [0.25, 0.3) is 0 Å². The molecule has 0 aromatic heterocycles. The van der Waals surface area contributed by atoms with E-state index in [2.05, 4.69) is 176 Å². The number of hydrogen-bond donors (Lipinski definition) is 1. The molecule has 1 nitrogen and oxygen atoms in total. The molecule has 0 aliphatic heterocycles. The fourth-order valence-electron chi connectivity index (χ4n) is 7.10. The van der Waals surface area contributed by atoms with Crippen LogP contribution in [0.4, 0.5) is 0 Å². The van der Waals surface area contributed by atoms with Gasteiger partial charge in [-0.2, -0.15) is 0 Å². The molecule has 48 heavy (non-hydrogen) atoms. The van der Waals surface area contributed by atoms with Crippen LogP contribution in [0.2, 0.25) is 0 Å². The summed E-state index contributed by atoms with van der Waals surface area (Å²) < 4.78 is 3.80. The van der Waals surface area contributed by atoms with Crippen LogP contribution >= 0.6 is 0 Å². The molecular formula is C46H48OZr. The van der Waals surface area contributed by atoms with Gasteiger partial charge in [-0.05, 0) is 28.0 Å². The van der Waals surface area contributed by atoms with Crippen molar-refractivity contribution >= 4 is 3.21 Å². The monoisotopic (exact) mass is 706 g/mol. The van der Waals surface area contributed by atoms with E-state index < -0.39 is 21.3 Å². The molecular weight excluding hydrogens is 660 g/mol. The second-order valence-electron chi connectivity index (χ2n) is 15.2. The van der Waals surface area contributed by atoms with Crippen LogP contribution in [0, 0.1) is 0 Å². The molecule has 0 fully saturated rings. The Morgan fingerprint density at radius 3 is 1.58 bits per heavy atom. The fourth-order valence-corrected chi connectivity index (χ4v) is 16.4. The van der Waals surface area contributed by atoms with Crippen molar-refractivity contribution in [1.82, 2.24) is 0 Å². The second kappa shape index (κ2) is 13.9. The molecule has 0 saturated heterocycles. The van der Waals surface area contributed by atoms with Gasteiger partial charge in [-0.15, -0.1) is 0 Å². The first kappa shape index (κ1) is 34.0. The van der Waals surface area contributed by atoms with E-state index in [0.717, 1.165) is 12.0 Å². The van der Waals surface area contributed by atoms with Gasteiger partial charge in [0, 0.05) is 0 Å². The van der Waals surface area contributed by atoms with Gasteiger partial charge in [0.05, 0.1) is 0 Å². The first-order valence-corrected chi connectivity index (χ1v) is 21.1. The van der Waals surface area contributed by atoms with Crippen LogP contribution in [-0.4, -0.2) is 8.31 Å². The molecule has 1 N–H and O–H groups in total. The molecule has 242 valence electrons. The van der Waals surface area contributed by atoms with E-state index in [1.165, 1.54) is 44.5 Å². The molecule has 0 saturated carbocycles. The Hall–Kier alpha value is -3.87. The Balaban J connectivity index is 0.000000226. The first-order chi connectivity index (χ1) is 22.9. The normalized spacial score (nSPS) is 13.9. The third-order valence-electron chi connectivity index (χ3n) is 9.58. The van der Waals surface area contributed by atoms with Crippen molar-refractivity contribution in [2.75, 3.05) is 0 Å². The van der Waals surface area contributed by atoms with Gasteiger partial charge >= 0.3 is 205 Å². The summed E-state index contributed by atoms with van der Waals surface area (Å²) in [6.45, 7) is 15.2. The third-order valence-corrected chi connectivity index (χ3v) is 17.8. The predicted octanol–water partition coefficient (Wildman–Crippen LogP) is 11.9. The van der Waals surface area contributed by atoms with Crippen molar-refractivity contribution < 1.29 is 26.4 Å². The zero-order chi connectivity index (χ0) is 34.1. The van der Waals surface area contributed by atoms with Crippen molar-refractivity contribution in [3.8, 4) is 16.9 Å². The summed E-state index contributed by atoms with van der Waals surface area (Å²) in [4.78, 5) is 0. The van der Waals surface area contributed by atoms with E-state index in [9.17, 15) is 5.11 Å². The van der Waals surface area contributed by atoms with E-state index in [1.54, 1.807) is 12.6 Å². The van der Waals surface area contributed by atoms with Gasteiger partial charge in [-0.1, -0.05) is 53.7 Å². The third kappa shape index (κ3) is 7.11. The minimum absolute atomic E-state index is 0.00859. The van der Waals surface area contributed by atoms with E-state index >= 15 is 0 Å². The molecule has 2 aliphatic rings. The SMILES string of the molecule is CC(C)(C)c1ccc(O)c(C(C)(C)C)c1.CC1=CC[C]([Zr](=[C](c2ccccc2)c2ccccc2)[CH]2c3ccccc3-c3ccccc32)=C1. The van der Waals surface area contributed by atoms with Crippen LogP contribution in [0.15, 0.2) is 148 Å². The molecule has 2 aliphatic carbocycles. The summed E-state index contributed by atoms with van der Waals surface area (Å²) in [6, 6.07) is 46.6. The standard InChI is InChI=1S/C14H22O.C13H9.C13H10.C6H7.Zr/c1-13(2,3)10-7-8-12(15)11(9-10)14(4,5)6;1-3-7-12-10(5-1)9-11-6-2-4-8-13(11)12;1-3-7-12(8-4-1)11-13-9-5-2-6-10-13;1-6-4-2-3-5-6;/h7-9,15H,1-6H3;1-9H;1-10H;4-5H,2H2,1H3;. The molecule has 5 aromatic carbocycles. The summed E-state index contributed by atoms with van der Waals surface area (Å²) in [5.41, 5.74) is 12.5. The van der Waals surface area contributed by atoms with Gasteiger partial charge in [0.2, 0.25) is 0 Å². The molecule has 0 bridgehead atoms. The van der Waals surface area contributed by atoms with E-state index in [1.807, 2.05) is 6.07 Å². The van der Waals surface area contributed by atoms with Crippen LogP contribution in [0.25, 0.3) is 11.1 Å². The van der Waals surface area contributed by atoms with Gasteiger partial charge in [0.1, 0.15) is 5.75 Å². The quantitative estimate of drug-likeness (QED) is 0.197. The first-order valence-electron chi connectivity index (χ1n) is 17.2. The number of fused-ring (bicyclic) bond motifs is 3. The van der Waals surface area contributed by atoms with Crippen molar-refractivity contribution in [3.05, 3.63) is 182 Å². The zero-order valence-corrected chi connectivity index (χ0v) is 32.0.